The fourth-order valence-corrected chi connectivity index (χ4v) is 4.04. The SMILES string of the molecule is CCCN(CC(=O)N1CCc2cc(OC)c(OC)cc2C1)C(=O)c1ccc(Cl)c([N+](=O)[O-])c1. The Balaban J connectivity index is 1.76. The van der Waals surface area contributed by atoms with Gasteiger partial charge in [-0.15, -0.1) is 0 Å². The molecule has 0 N–H and O–H groups in total. The maximum atomic E-state index is 13.1. The summed E-state index contributed by atoms with van der Waals surface area (Å²) >= 11 is 5.86. The van der Waals surface area contributed by atoms with Gasteiger partial charge in [-0.05, 0) is 48.2 Å². The minimum absolute atomic E-state index is 0.0475. The van der Waals surface area contributed by atoms with Gasteiger partial charge >= 0.3 is 0 Å². The zero-order valence-electron chi connectivity index (χ0n) is 18.8. The quantitative estimate of drug-likeness (QED) is 0.426. The standard InChI is InChI=1S/C23H26ClN3O6/c1-4-8-26(23(29)16-5-6-18(24)19(10-16)27(30)31)14-22(28)25-9-7-15-11-20(32-2)21(33-3)12-17(15)13-25/h5-6,10-12H,4,7-9,13-14H2,1-3H3. The Hall–Kier alpha value is -3.33. The molecule has 0 aromatic heterocycles. The summed E-state index contributed by atoms with van der Waals surface area (Å²) in [4.78, 5) is 39.8. The summed E-state index contributed by atoms with van der Waals surface area (Å²) in [6.45, 7) is 3.03. The molecule has 0 fully saturated rings. The van der Waals surface area contributed by atoms with Crippen LogP contribution in [0.2, 0.25) is 5.02 Å². The van der Waals surface area contributed by atoms with E-state index in [2.05, 4.69) is 0 Å². The predicted octanol–water partition coefficient (Wildman–Crippen LogP) is 3.70. The lowest BCUT2D eigenvalue weighted by molar-refractivity contribution is -0.384. The van der Waals surface area contributed by atoms with Crippen molar-refractivity contribution in [1.82, 2.24) is 9.80 Å². The van der Waals surface area contributed by atoms with Crippen molar-refractivity contribution >= 4 is 29.1 Å². The number of halogens is 1. The van der Waals surface area contributed by atoms with Gasteiger partial charge < -0.3 is 19.3 Å². The van der Waals surface area contributed by atoms with Crippen LogP contribution >= 0.6 is 11.6 Å². The molecule has 0 radical (unpaired) electrons. The summed E-state index contributed by atoms with van der Waals surface area (Å²) < 4.78 is 10.7. The molecule has 0 spiro atoms. The topological polar surface area (TPSA) is 102 Å². The molecule has 33 heavy (non-hydrogen) atoms. The third-order valence-electron chi connectivity index (χ3n) is 5.57. The second kappa shape index (κ2) is 10.5. The van der Waals surface area contributed by atoms with Crippen LogP contribution in [0.25, 0.3) is 0 Å². The molecule has 1 aliphatic heterocycles. The fraction of sp³-hybridized carbons (Fsp3) is 0.391. The first-order valence-corrected chi connectivity index (χ1v) is 10.9. The van der Waals surface area contributed by atoms with Crippen molar-refractivity contribution < 1.29 is 24.0 Å². The van der Waals surface area contributed by atoms with Crippen molar-refractivity contribution in [2.75, 3.05) is 33.9 Å². The van der Waals surface area contributed by atoms with Gasteiger partial charge in [-0.25, -0.2) is 0 Å². The highest BCUT2D eigenvalue weighted by molar-refractivity contribution is 6.32. The average Bonchev–Trinajstić information content (AvgIpc) is 2.81. The number of nitrogens with zero attached hydrogens (tertiary/aromatic N) is 3. The average molecular weight is 476 g/mol. The number of hydrogen-bond acceptors (Lipinski definition) is 6. The Bertz CT molecular complexity index is 1070. The van der Waals surface area contributed by atoms with E-state index in [1.807, 2.05) is 19.1 Å². The zero-order valence-corrected chi connectivity index (χ0v) is 19.6. The molecule has 0 saturated carbocycles. The number of benzene rings is 2. The van der Waals surface area contributed by atoms with Crippen molar-refractivity contribution in [2.24, 2.45) is 0 Å². The number of nitro groups is 1. The second-order valence-electron chi connectivity index (χ2n) is 7.69. The number of amides is 2. The Morgan fingerprint density at radius 1 is 1.15 bits per heavy atom. The number of nitro benzene ring substituents is 1. The number of carbonyl (C=O) groups excluding carboxylic acids is 2. The molecule has 2 aromatic rings. The molecular weight excluding hydrogens is 450 g/mol. The number of carbonyl (C=O) groups is 2. The first-order valence-electron chi connectivity index (χ1n) is 10.5. The van der Waals surface area contributed by atoms with Gasteiger partial charge in [-0.1, -0.05) is 18.5 Å². The van der Waals surface area contributed by atoms with E-state index in [0.29, 0.717) is 44.0 Å². The highest BCUT2D eigenvalue weighted by Gasteiger charge is 2.27. The molecule has 0 aliphatic carbocycles. The zero-order chi connectivity index (χ0) is 24.1. The summed E-state index contributed by atoms with van der Waals surface area (Å²) in [6, 6.07) is 7.70. The summed E-state index contributed by atoms with van der Waals surface area (Å²) in [5, 5.41) is 11.1. The molecule has 2 amide bonds. The molecule has 2 aromatic carbocycles. The Labute approximate surface area is 197 Å². The predicted molar refractivity (Wildman–Crippen MR) is 123 cm³/mol. The van der Waals surface area contributed by atoms with Crippen LogP contribution in [0.3, 0.4) is 0 Å². The lowest BCUT2D eigenvalue weighted by Gasteiger charge is -2.32. The van der Waals surface area contributed by atoms with E-state index in [4.69, 9.17) is 21.1 Å². The van der Waals surface area contributed by atoms with Crippen LogP contribution in [0.1, 0.15) is 34.8 Å². The van der Waals surface area contributed by atoms with Crippen molar-refractivity contribution in [1.29, 1.82) is 0 Å². The molecule has 1 heterocycles. The molecule has 176 valence electrons. The highest BCUT2D eigenvalue weighted by Crippen LogP contribution is 2.33. The third kappa shape index (κ3) is 5.36. The van der Waals surface area contributed by atoms with E-state index >= 15 is 0 Å². The van der Waals surface area contributed by atoms with Gasteiger partial charge in [0.15, 0.2) is 11.5 Å². The van der Waals surface area contributed by atoms with Crippen LogP contribution < -0.4 is 9.47 Å². The maximum Gasteiger partial charge on any atom is 0.288 e. The van der Waals surface area contributed by atoms with E-state index in [1.165, 1.54) is 17.0 Å². The van der Waals surface area contributed by atoms with Gasteiger partial charge in [0, 0.05) is 31.3 Å². The molecule has 10 heteroatoms. The first-order chi connectivity index (χ1) is 15.8. The van der Waals surface area contributed by atoms with E-state index in [-0.39, 0.29) is 28.7 Å². The molecule has 3 rings (SSSR count). The van der Waals surface area contributed by atoms with Gasteiger partial charge in [-0.2, -0.15) is 0 Å². The van der Waals surface area contributed by atoms with Crippen LogP contribution in [-0.2, 0) is 17.8 Å². The highest BCUT2D eigenvalue weighted by atomic mass is 35.5. The number of fused-ring (bicyclic) bond motifs is 1. The largest absolute Gasteiger partial charge is 0.493 e. The summed E-state index contributed by atoms with van der Waals surface area (Å²) in [6.07, 6.45) is 1.29. The Morgan fingerprint density at radius 3 is 2.42 bits per heavy atom. The summed E-state index contributed by atoms with van der Waals surface area (Å²) in [5.74, 6) is 0.597. The third-order valence-corrected chi connectivity index (χ3v) is 5.89. The minimum atomic E-state index is -0.636. The van der Waals surface area contributed by atoms with Crippen LogP contribution in [0.5, 0.6) is 11.5 Å². The van der Waals surface area contributed by atoms with Gasteiger partial charge in [0.25, 0.3) is 11.6 Å². The van der Waals surface area contributed by atoms with Gasteiger partial charge in [0.1, 0.15) is 11.6 Å². The lowest BCUT2D eigenvalue weighted by Crippen LogP contribution is -2.45. The molecule has 1 aliphatic rings. The summed E-state index contributed by atoms with van der Waals surface area (Å²) in [5.41, 5.74) is 1.83. The lowest BCUT2D eigenvalue weighted by atomic mass is 9.98. The molecule has 0 saturated heterocycles. The first kappa shape index (κ1) is 24.3. The van der Waals surface area contributed by atoms with E-state index < -0.39 is 10.8 Å². The van der Waals surface area contributed by atoms with E-state index in [9.17, 15) is 19.7 Å². The Kier molecular flexibility index (Phi) is 7.75. The summed E-state index contributed by atoms with van der Waals surface area (Å²) in [7, 11) is 3.14. The van der Waals surface area contributed by atoms with E-state index in [1.54, 1.807) is 19.1 Å². The van der Waals surface area contributed by atoms with Crippen LogP contribution in [0.15, 0.2) is 30.3 Å². The fourth-order valence-electron chi connectivity index (χ4n) is 3.85. The Morgan fingerprint density at radius 2 is 1.82 bits per heavy atom. The van der Waals surface area contributed by atoms with E-state index in [0.717, 1.165) is 17.2 Å². The molecule has 9 nitrogen and oxygen atoms in total. The molecule has 0 bridgehead atoms. The second-order valence-corrected chi connectivity index (χ2v) is 8.10. The normalized spacial score (nSPS) is 12.7. The number of hydrogen-bond donors (Lipinski definition) is 0. The van der Waals surface area contributed by atoms with Gasteiger partial charge in [0.05, 0.1) is 19.1 Å². The van der Waals surface area contributed by atoms with Crippen LogP contribution in [0.4, 0.5) is 5.69 Å². The van der Waals surface area contributed by atoms with Gasteiger partial charge in [-0.3, -0.25) is 19.7 Å². The molecule has 0 unspecified atom stereocenters. The van der Waals surface area contributed by atoms with Crippen LogP contribution in [-0.4, -0.2) is 60.4 Å². The smallest absolute Gasteiger partial charge is 0.288 e. The van der Waals surface area contributed by atoms with Crippen molar-refractivity contribution in [3.8, 4) is 11.5 Å². The van der Waals surface area contributed by atoms with Crippen molar-refractivity contribution in [3.63, 3.8) is 0 Å². The van der Waals surface area contributed by atoms with Crippen molar-refractivity contribution in [2.45, 2.75) is 26.3 Å². The molecule has 0 atom stereocenters. The maximum absolute atomic E-state index is 13.1. The monoisotopic (exact) mass is 475 g/mol. The van der Waals surface area contributed by atoms with Gasteiger partial charge in [0.2, 0.25) is 5.91 Å². The van der Waals surface area contributed by atoms with Crippen LogP contribution in [0, 0.1) is 10.1 Å². The van der Waals surface area contributed by atoms with Crippen molar-refractivity contribution in [3.05, 3.63) is 62.2 Å². The molecular formula is C23H26ClN3O6. The number of rotatable bonds is 8. The number of ether oxygens (including phenoxy) is 2. The number of methoxy groups -OCH3 is 2. The minimum Gasteiger partial charge on any atom is -0.493 e.